The van der Waals surface area contributed by atoms with Crippen molar-refractivity contribution in [3.8, 4) is 0 Å². The molecule has 0 aliphatic carbocycles. The van der Waals surface area contributed by atoms with Gasteiger partial charge in [0, 0.05) is 11.6 Å². The highest BCUT2D eigenvalue weighted by atomic mass is 79.9. The largest absolute Gasteiger partial charge is 0.349 e. The van der Waals surface area contributed by atoms with Crippen LogP contribution in [-0.4, -0.2) is 31.9 Å². The van der Waals surface area contributed by atoms with Crippen LogP contribution in [0.5, 0.6) is 0 Å². The van der Waals surface area contributed by atoms with Gasteiger partial charge in [0.05, 0.1) is 16.0 Å². The van der Waals surface area contributed by atoms with Crippen LogP contribution in [0.25, 0.3) is 0 Å². The van der Waals surface area contributed by atoms with Gasteiger partial charge in [-0.15, -0.1) is 0 Å². The number of hydrogen-bond acceptors (Lipinski definition) is 3. The van der Waals surface area contributed by atoms with Crippen LogP contribution in [0.1, 0.15) is 23.2 Å². The van der Waals surface area contributed by atoms with E-state index in [4.69, 9.17) is 0 Å². The summed E-state index contributed by atoms with van der Waals surface area (Å²) in [4.78, 5) is 11.9. The predicted molar refractivity (Wildman–Crippen MR) is 73.2 cm³/mol. The number of sulfone groups is 1. The molecule has 7 heteroatoms. The predicted octanol–water partition coefficient (Wildman–Crippen LogP) is 1.90. The molecule has 0 aromatic heterocycles. The lowest BCUT2D eigenvalue weighted by Crippen LogP contribution is -2.40. The Morgan fingerprint density at radius 2 is 1.95 bits per heavy atom. The fourth-order valence-corrected chi connectivity index (χ4v) is 3.81. The number of carbonyl (C=O) groups excluding carboxylic acids is 1. The Morgan fingerprint density at radius 1 is 1.32 bits per heavy atom. The first-order valence-electron chi connectivity index (χ1n) is 5.84. The van der Waals surface area contributed by atoms with E-state index in [1.807, 2.05) is 0 Å². The second-order valence-electron chi connectivity index (χ2n) is 4.53. The van der Waals surface area contributed by atoms with Crippen LogP contribution in [0.15, 0.2) is 22.7 Å². The van der Waals surface area contributed by atoms with Crippen LogP contribution in [0, 0.1) is 5.82 Å². The molecule has 1 N–H and O–H groups in total. The van der Waals surface area contributed by atoms with E-state index in [-0.39, 0.29) is 27.9 Å². The summed E-state index contributed by atoms with van der Waals surface area (Å²) in [5.74, 6) is -0.541. The molecule has 4 nitrogen and oxygen atoms in total. The Labute approximate surface area is 119 Å². The monoisotopic (exact) mass is 349 g/mol. The van der Waals surface area contributed by atoms with E-state index in [1.165, 1.54) is 18.2 Å². The van der Waals surface area contributed by atoms with Crippen molar-refractivity contribution in [2.24, 2.45) is 0 Å². The minimum atomic E-state index is -2.94. The van der Waals surface area contributed by atoms with E-state index in [0.29, 0.717) is 18.4 Å². The quantitative estimate of drug-likeness (QED) is 0.886. The molecule has 1 saturated heterocycles. The number of carbonyl (C=O) groups is 1. The van der Waals surface area contributed by atoms with Gasteiger partial charge in [0.2, 0.25) is 0 Å². The minimum absolute atomic E-state index is 0.102. The molecular formula is C12H13BrFNO3S. The molecular weight excluding hydrogens is 337 g/mol. The number of hydrogen-bond donors (Lipinski definition) is 1. The van der Waals surface area contributed by atoms with Crippen molar-refractivity contribution in [2.45, 2.75) is 18.9 Å². The van der Waals surface area contributed by atoms with Crippen LogP contribution in [-0.2, 0) is 9.84 Å². The van der Waals surface area contributed by atoms with Crippen LogP contribution in [0.4, 0.5) is 4.39 Å². The van der Waals surface area contributed by atoms with Crippen molar-refractivity contribution in [2.75, 3.05) is 11.5 Å². The van der Waals surface area contributed by atoms with Crippen molar-refractivity contribution in [3.63, 3.8) is 0 Å². The van der Waals surface area contributed by atoms with Gasteiger partial charge in [-0.2, -0.15) is 0 Å². The second-order valence-corrected chi connectivity index (χ2v) is 7.69. The number of nitrogens with one attached hydrogen (secondary N) is 1. The number of benzene rings is 1. The summed E-state index contributed by atoms with van der Waals surface area (Å²) in [6.07, 6.45) is 0.854. The van der Waals surface area contributed by atoms with Gasteiger partial charge in [-0.3, -0.25) is 4.79 Å². The summed E-state index contributed by atoms with van der Waals surface area (Å²) < 4.78 is 35.8. The van der Waals surface area contributed by atoms with Gasteiger partial charge in [0.1, 0.15) is 15.7 Å². The van der Waals surface area contributed by atoms with E-state index in [2.05, 4.69) is 21.2 Å². The average molecular weight is 350 g/mol. The summed E-state index contributed by atoms with van der Waals surface area (Å²) in [6, 6.07) is 3.88. The van der Waals surface area contributed by atoms with Crippen LogP contribution < -0.4 is 5.32 Å². The van der Waals surface area contributed by atoms with Crippen LogP contribution >= 0.6 is 15.9 Å². The van der Waals surface area contributed by atoms with Gasteiger partial charge < -0.3 is 5.32 Å². The topological polar surface area (TPSA) is 63.2 Å². The van der Waals surface area contributed by atoms with Crippen LogP contribution in [0.2, 0.25) is 0 Å². The molecule has 1 aromatic rings. The summed E-state index contributed by atoms with van der Waals surface area (Å²) in [7, 11) is -2.94. The molecule has 1 heterocycles. The highest BCUT2D eigenvalue weighted by molar-refractivity contribution is 9.10. The van der Waals surface area contributed by atoms with E-state index >= 15 is 0 Å². The Balaban J connectivity index is 2.00. The molecule has 19 heavy (non-hydrogen) atoms. The molecule has 2 rings (SSSR count). The Hall–Kier alpha value is -0.950. The van der Waals surface area contributed by atoms with Gasteiger partial charge in [0.15, 0.2) is 0 Å². The van der Waals surface area contributed by atoms with Crippen molar-refractivity contribution in [1.29, 1.82) is 0 Å². The zero-order valence-corrected chi connectivity index (χ0v) is 12.4. The molecule has 0 bridgehead atoms. The third kappa shape index (κ3) is 3.76. The molecule has 1 fully saturated rings. The summed E-state index contributed by atoms with van der Waals surface area (Å²) >= 11 is 3.02. The van der Waals surface area contributed by atoms with Crippen molar-refractivity contribution in [1.82, 2.24) is 5.32 Å². The zero-order valence-electron chi connectivity index (χ0n) is 10.0. The molecule has 1 aliphatic heterocycles. The Kier molecular flexibility index (Phi) is 4.25. The highest BCUT2D eigenvalue weighted by Gasteiger charge is 2.25. The average Bonchev–Trinajstić information content (AvgIpc) is 2.35. The third-order valence-corrected chi connectivity index (χ3v) is 5.39. The molecule has 0 saturated carbocycles. The normalized spacial score (nSPS) is 19.1. The molecule has 1 aromatic carbocycles. The maximum absolute atomic E-state index is 13.1. The molecule has 0 atom stereocenters. The fourth-order valence-electron chi connectivity index (χ4n) is 1.94. The van der Waals surface area contributed by atoms with Gasteiger partial charge in [-0.25, -0.2) is 12.8 Å². The fraction of sp³-hybridized carbons (Fsp3) is 0.417. The summed E-state index contributed by atoms with van der Waals surface area (Å²) in [5.41, 5.74) is 0.349. The molecule has 0 unspecified atom stereocenters. The van der Waals surface area contributed by atoms with E-state index in [9.17, 15) is 17.6 Å². The van der Waals surface area contributed by atoms with Crippen molar-refractivity contribution >= 4 is 31.7 Å². The lowest BCUT2D eigenvalue weighted by molar-refractivity contribution is 0.0934. The number of rotatable bonds is 2. The molecule has 1 amide bonds. The van der Waals surface area contributed by atoms with Crippen molar-refractivity contribution in [3.05, 3.63) is 34.1 Å². The molecule has 0 radical (unpaired) electrons. The number of halogens is 2. The second kappa shape index (κ2) is 5.58. The first-order chi connectivity index (χ1) is 8.87. The van der Waals surface area contributed by atoms with Crippen LogP contribution in [0.3, 0.4) is 0 Å². The standard InChI is InChI=1S/C12H13BrFNO3S/c13-10-7-8(1-2-11(10)14)12(16)15-9-3-5-19(17,18)6-4-9/h1-2,7,9H,3-6H2,(H,15,16). The molecule has 0 spiro atoms. The molecule has 1 aliphatic rings. The van der Waals surface area contributed by atoms with Gasteiger partial charge >= 0.3 is 0 Å². The van der Waals surface area contributed by atoms with Gasteiger partial charge in [-0.05, 0) is 47.0 Å². The van der Waals surface area contributed by atoms with E-state index < -0.39 is 15.7 Å². The SMILES string of the molecule is O=C(NC1CCS(=O)(=O)CC1)c1ccc(F)c(Br)c1. The maximum Gasteiger partial charge on any atom is 0.251 e. The smallest absolute Gasteiger partial charge is 0.251 e. The van der Waals surface area contributed by atoms with E-state index in [0.717, 1.165) is 0 Å². The lowest BCUT2D eigenvalue weighted by atomic mass is 10.1. The Bertz CT molecular complexity index is 589. The lowest BCUT2D eigenvalue weighted by Gasteiger charge is -2.23. The van der Waals surface area contributed by atoms with Crippen molar-refractivity contribution < 1.29 is 17.6 Å². The number of amides is 1. The first kappa shape index (κ1) is 14.5. The first-order valence-corrected chi connectivity index (χ1v) is 8.45. The zero-order chi connectivity index (χ0) is 14.0. The minimum Gasteiger partial charge on any atom is -0.349 e. The third-order valence-electron chi connectivity index (χ3n) is 3.07. The molecule has 104 valence electrons. The highest BCUT2D eigenvalue weighted by Crippen LogP contribution is 2.18. The van der Waals surface area contributed by atoms with E-state index in [1.54, 1.807) is 0 Å². The Morgan fingerprint density at radius 3 is 2.53 bits per heavy atom. The maximum atomic E-state index is 13.1. The summed E-state index contributed by atoms with van der Waals surface area (Å²) in [5, 5.41) is 2.77. The van der Waals surface area contributed by atoms with Gasteiger partial charge in [-0.1, -0.05) is 0 Å². The van der Waals surface area contributed by atoms with Gasteiger partial charge in [0.25, 0.3) is 5.91 Å². The summed E-state index contributed by atoms with van der Waals surface area (Å²) in [6.45, 7) is 0.